The van der Waals surface area contributed by atoms with E-state index < -0.39 is 5.97 Å². The summed E-state index contributed by atoms with van der Waals surface area (Å²) in [6.07, 6.45) is 4.98. The molecule has 5 heteroatoms. The SMILES string of the molecule is O=C(O)[C@H]1CC[C@@H](C(=O)NCC2CCCC2CO)C1. The Bertz CT molecular complexity index is 344. The van der Waals surface area contributed by atoms with Crippen LogP contribution in [0.4, 0.5) is 0 Å². The predicted octanol–water partition coefficient (Wildman–Crippen LogP) is 1.01. The van der Waals surface area contributed by atoms with Gasteiger partial charge in [-0.3, -0.25) is 9.59 Å². The van der Waals surface area contributed by atoms with Gasteiger partial charge < -0.3 is 15.5 Å². The van der Waals surface area contributed by atoms with E-state index in [2.05, 4.69) is 5.32 Å². The maximum absolute atomic E-state index is 12.0. The van der Waals surface area contributed by atoms with E-state index in [4.69, 9.17) is 5.11 Å². The topological polar surface area (TPSA) is 86.6 Å². The number of rotatable bonds is 5. The Kier molecular flexibility index (Phi) is 4.80. The Hall–Kier alpha value is -1.10. The largest absolute Gasteiger partial charge is 0.481 e. The van der Waals surface area contributed by atoms with Gasteiger partial charge in [-0.2, -0.15) is 0 Å². The summed E-state index contributed by atoms with van der Waals surface area (Å²) in [6, 6.07) is 0. The average molecular weight is 269 g/mol. The smallest absolute Gasteiger partial charge is 0.306 e. The average Bonchev–Trinajstić information content (AvgIpc) is 3.04. The number of carbonyl (C=O) groups excluding carboxylic acids is 1. The molecule has 1 amide bonds. The number of carboxylic acids is 1. The van der Waals surface area contributed by atoms with Crippen LogP contribution in [0.25, 0.3) is 0 Å². The van der Waals surface area contributed by atoms with Gasteiger partial charge in [-0.1, -0.05) is 6.42 Å². The van der Waals surface area contributed by atoms with Crippen LogP contribution in [0, 0.1) is 23.7 Å². The molecule has 0 aromatic rings. The van der Waals surface area contributed by atoms with Crippen LogP contribution < -0.4 is 5.32 Å². The first kappa shape index (κ1) is 14.3. The summed E-state index contributed by atoms with van der Waals surface area (Å²) in [5.41, 5.74) is 0. The highest BCUT2D eigenvalue weighted by molar-refractivity contribution is 5.80. The Morgan fingerprint density at radius 2 is 1.74 bits per heavy atom. The highest BCUT2D eigenvalue weighted by Crippen LogP contribution is 2.32. The van der Waals surface area contributed by atoms with Crippen molar-refractivity contribution < 1.29 is 19.8 Å². The molecule has 0 bridgehead atoms. The Labute approximate surface area is 113 Å². The van der Waals surface area contributed by atoms with Crippen molar-refractivity contribution in [2.75, 3.05) is 13.2 Å². The summed E-state index contributed by atoms with van der Waals surface area (Å²) in [5, 5.41) is 21.1. The van der Waals surface area contributed by atoms with Crippen molar-refractivity contribution in [3.05, 3.63) is 0 Å². The molecule has 0 radical (unpaired) electrons. The van der Waals surface area contributed by atoms with Crippen LogP contribution >= 0.6 is 0 Å². The second-order valence-electron chi connectivity index (χ2n) is 5.92. The Morgan fingerprint density at radius 3 is 2.37 bits per heavy atom. The molecule has 4 atom stereocenters. The molecule has 2 aliphatic rings. The van der Waals surface area contributed by atoms with E-state index in [0.29, 0.717) is 37.6 Å². The summed E-state index contributed by atoms with van der Waals surface area (Å²) in [5.74, 6) is -0.595. The molecular formula is C14H23NO4. The van der Waals surface area contributed by atoms with E-state index in [-0.39, 0.29) is 24.3 Å². The lowest BCUT2D eigenvalue weighted by Gasteiger charge is -2.19. The fourth-order valence-electron chi connectivity index (χ4n) is 3.44. The standard InChI is InChI=1S/C14H23NO4/c16-8-12-3-1-2-11(12)7-15-13(17)9-4-5-10(6-9)14(18)19/h9-12,16H,1-8H2,(H,15,17)(H,18,19)/t9-,10+,11?,12?/m1/s1. The molecule has 2 saturated carbocycles. The predicted molar refractivity (Wildman–Crippen MR) is 69.4 cm³/mol. The maximum Gasteiger partial charge on any atom is 0.306 e. The molecule has 0 spiro atoms. The molecule has 108 valence electrons. The minimum Gasteiger partial charge on any atom is -0.481 e. The van der Waals surface area contributed by atoms with Crippen LogP contribution in [0.5, 0.6) is 0 Å². The summed E-state index contributed by atoms with van der Waals surface area (Å²) < 4.78 is 0. The first-order chi connectivity index (χ1) is 9.11. The zero-order valence-electron chi connectivity index (χ0n) is 11.2. The first-order valence-corrected chi connectivity index (χ1v) is 7.23. The second-order valence-corrected chi connectivity index (χ2v) is 5.92. The minimum absolute atomic E-state index is 0.00709. The molecule has 2 aliphatic carbocycles. The van der Waals surface area contributed by atoms with Gasteiger partial charge in [0.05, 0.1) is 5.92 Å². The van der Waals surface area contributed by atoms with Crippen molar-refractivity contribution in [1.82, 2.24) is 5.32 Å². The van der Waals surface area contributed by atoms with Crippen molar-refractivity contribution in [2.45, 2.75) is 38.5 Å². The van der Waals surface area contributed by atoms with E-state index in [1.54, 1.807) is 0 Å². The number of amides is 1. The molecule has 0 aliphatic heterocycles. The van der Waals surface area contributed by atoms with Gasteiger partial charge in [0.2, 0.25) is 5.91 Å². The van der Waals surface area contributed by atoms with Gasteiger partial charge >= 0.3 is 5.97 Å². The molecular weight excluding hydrogens is 246 g/mol. The van der Waals surface area contributed by atoms with Crippen LogP contribution in [-0.4, -0.2) is 35.2 Å². The minimum atomic E-state index is -0.786. The Morgan fingerprint density at radius 1 is 1.05 bits per heavy atom. The zero-order valence-corrected chi connectivity index (χ0v) is 11.2. The van der Waals surface area contributed by atoms with E-state index in [0.717, 1.165) is 19.3 Å². The monoisotopic (exact) mass is 269 g/mol. The summed E-state index contributed by atoms with van der Waals surface area (Å²) in [6.45, 7) is 0.823. The maximum atomic E-state index is 12.0. The van der Waals surface area contributed by atoms with Crippen LogP contribution in [0.1, 0.15) is 38.5 Å². The second kappa shape index (κ2) is 6.37. The highest BCUT2D eigenvalue weighted by atomic mass is 16.4. The fraction of sp³-hybridized carbons (Fsp3) is 0.857. The lowest BCUT2D eigenvalue weighted by Crippen LogP contribution is -2.35. The molecule has 2 fully saturated rings. The molecule has 19 heavy (non-hydrogen) atoms. The van der Waals surface area contributed by atoms with Gasteiger partial charge in [0.1, 0.15) is 0 Å². The fourth-order valence-corrected chi connectivity index (χ4v) is 3.44. The van der Waals surface area contributed by atoms with Crippen LogP contribution in [-0.2, 0) is 9.59 Å². The number of aliphatic hydroxyl groups excluding tert-OH is 1. The number of carbonyl (C=O) groups is 2. The van der Waals surface area contributed by atoms with Crippen LogP contribution in [0.2, 0.25) is 0 Å². The Balaban J connectivity index is 1.74. The van der Waals surface area contributed by atoms with Crippen molar-refractivity contribution >= 4 is 11.9 Å². The zero-order chi connectivity index (χ0) is 13.8. The molecule has 0 heterocycles. The molecule has 0 saturated heterocycles. The van der Waals surface area contributed by atoms with E-state index in [1.807, 2.05) is 0 Å². The third kappa shape index (κ3) is 3.47. The lowest BCUT2D eigenvalue weighted by molar-refractivity contribution is -0.141. The van der Waals surface area contributed by atoms with Gasteiger partial charge in [-0.05, 0) is 43.9 Å². The van der Waals surface area contributed by atoms with Crippen LogP contribution in [0.3, 0.4) is 0 Å². The number of aliphatic hydroxyl groups is 1. The summed E-state index contributed by atoms with van der Waals surface area (Å²) in [7, 11) is 0. The quantitative estimate of drug-likeness (QED) is 0.695. The van der Waals surface area contributed by atoms with E-state index >= 15 is 0 Å². The number of hydrogen-bond donors (Lipinski definition) is 3. The molecule has 2 rings (SSSR count). The van der Waals surface area contributed by atoms with Crippen molar-refractivity contribution in [3.63, 3.8) is 0 Å². The molecule has 3 N–H and O–H groups in total. The lowest BCUT2D eigenvalue weighted by atomic mass is 9.96. The summed E-state index contributed by atoms with van der Waals surface area (Å²) in [4.78, 5) is 22.9. The number of carboxylic acid groups (broad SMARTS) is 1. The third-order valence-corrected chi connectivity index (χ3v) is 4.74. The normalized spacial score (nSPS) is 34.4. The van der Waals surface area contributed by atoms with Crippen LogP contribution in [0.15, 0.2) is 0 Å². The van der Waals surface area contributed by atoms with Crippen molar-refractivity contribution in [3.8, 4) is 0 Å². The number of aliphatic carboxylic acids is 1. The van der Waals surface area contributed by atoms with Gasteiger partial charge in [-0.25, -0.2) is 0 Å². The van der Waals surface area contributed by atoms with Crippen molar-refractivity contribution in [2.24, 2.45) is 23.7 Å². The number of nitrogens with one attached hydrogen (secondary N) is 1. The van der Waals surface area contributed by atoms with Crippen molar-refractivity contribution in [1.29, 1.82) is 0 Å². The van der Waals surface area contributed by atoms with Gasteiger partial charge in [0, 0.05) is 19.1 Å². The van der Waals surface area contributed by atoms with E-state index in [1.165, 1.54) is 0 Å². The van der Waals surface area contributed by atoms with E-state index in [9.17, 15) is 14.7 Å². The summed E-state index contributed by atoms with van der Waals surface area (Å²) >= 11 is 0. The molecule has 5 nitrogen and oxygen atoms in total. The number of hydrogen-bond acceptors (Lipinski definition) is 3. The molecule has 0 aromatic carbocycles. The van der Waals surface area contributed by atoms with Gasteiger partial charge in [0.25, 0.3) is 0 Å². The molecule has 0 aromatic heterocycles. The first-order valence-electron chi connectivity index (χ1n) is 7.23. The van der Waals surface area contributed by atoms with Gasteiger partial charge in [-0.15, -0.1) is 0 Å². The van der Waals surface area contributed by atoms with Gasteiger partial charge in [0.15, 0.2) is 0 Å². The third-order valence-electron chi connectivity index (χ3n) is 4.74. The molecule has 2 unspecified atom stereocenters. The highest BCUT2D eigenvalue weighted by Gasteiger charge is 2.34.